The molecule has 14 heavy (non-hydrogen) atoms. The van der Waals surface area contributed by atoms with E-state index in [-0.39, 0.29) is 11.8 Å². The van der Waals surface area contributed by atoms with Crippen LogP contribution in [0.2, 0.25) is 0 Å². The highest BCUT2D eigenvalue weighted by Gasteiger charge is 2.17. The summed E-state index contributed by atoms with van der Waals surface area (Å²) in [6, 6.07) is -1.21. The molecule has 2 unspecified atom stereocenters. The molecule has 0 fully saturated rings. The number of amides is 2. The average molecular weight is 199 g/mol. The molecule has 0 rings (SSSR count). The van der Waals surface area contributed by atoms with Gasteiger partial charge in [-0.2, -0.15) is 0 Å². The van der Waals surface area contributed by atoms with Crippen molar-refractivity contribution in [1.29, 1.82) is 0 Å². The van der Waals surface area contributed by atoms with E-state index < -0.39 is 12.1 Å². The maximum absolute atomic E-state index is 11.3. The first kappa shape index (κ1) is 12.6. The van der Waals surface area contributed by atoms with E-state index >= 15 is 0 Å². The van der Waals surface area contributed by atoms with Gasteiger partial charge >= 0.3 is 0 Å². The van der Waals surface area contributed by atoms with Gasteiger partial charge in [-0.3, -0.25) is 9.59 Å². The van der Waals surface area contributed by atoms with Gasteiger partial charge in [0.05, 0.1) is 6.04 Å². The second-order valence-electron chi connectivity index (χ2n) is 2.98. The number of hydrogen-bond acceptors (Lipinski definition) is 3. The Morgan fingerprint density at radius 1 is 1.50 bits per heavy atom. The van der Waals surface area contributed by atoms with E-state index in [1.165, 1.54) is 7.05 Å². The van der Waals surface area contributed by atoms with E-state index in [2.05, 4.69) is 17.2 Å². The van der Waals surface area contributed by atoms with E-state index in [1.807, 2.05) is 0 Å². The summed E-state index contributed by atoms with van der Waals surface area (Å²) < 4.78 is 0. The van der Waals surface area contributed by atoms with Gasteiger partial charge in [0, 0.05) is 7.05 Å². The molecule has 0 saturated heterocycles. The zero-order valence-electron chi connectivity index (χ0n) is 8.54. The van der Waals surface area contributed by atoms with E-state index in [0.717, 1.165) is 0 Å². The van der Waals surface area contributed by atoms with Crippen molar-refractivity contribution in [3.05, 3.63) is 12.7 Å². The van der Waals surface area contributed by atoms with Gasteiger partial charge < -0.3 is 16.4 Å². The molecule has 0 aromatic carbocycles. The van der Waals surface area contributed by atoms with Crippen LogP contribution in [0.4, 0.5) is 0 Å². The molecular weight excluding hydrogens is 182 g/mol. The summed E-state index contributed by atoms with van der Waals surface area (Å²) in [5, 5.41) is 4.92. The average Bonchev–Trinajstić information content (AvgIpc) is 2.16. The molecule has 80 valence electrons. The second-order valence-corrected chi connectivity index (χ2v) is 2.98. The van der Waals surface area contributed by atoms with Crippen LogP contribution in [0.5, 0.6) is 0 Å². The first-order chi connectivity index (χ1) is 6.52. The van der Waals surface area contributed by atoms with Crippen molar-refractivity contribution < 1.29 is 9.59 Å². The fraction of sp³-hybridized carbons (Fsp3) is 0.556. The van der Waals surface area contributed by atoms with Crippen LogP contribution in [-0.4, -0.2) is 30.9 Å². The minimum Gasteiger partial charge on any atom is -0.357 e. The van der Waals surface area contributed by atoms with Gasteiger partial charge in [0.25, 0.3) is 0 Å². The quantitative estimate of drug-likeness (QED) is 0.504. The van der Waals surface area contributed by atoms with Crippen molar-refractivity contribution in [2.45, 2.75) is 25.4 Å². The van der Waals surface area contributed by atoms with E-state index in [1.54, 1.807) is 13.0 Å². The van der Waals surface area contributed by atoms with Crippen molar-refractivity contribution in [1.82, 2.24) is 10.6 Å². The fourth-order valence-electron chi connectivity index (χ4n) is 0.889. The van der Waals surface area contributed by atoms with Crippen molar-refractivity contribution in [2.24, 2.45) is 5.73 Å². The third-order valence-corrected chi connectivity index (χ3v) is 1.76. The lowest BCUT2D eigenvalue weighted by Gasteiger charge is -2.15. The molecule has 0 aromatic rings. The maximum atomic E-state index is 11.3. The minimum absolute atomic E-state index is 0.246. The molecule has 0 aliphatic rings. The number of nitrogens with two attached hydrogens (primary N) is 1. The first-order valence-corrected chi connectivity index (χ1v) is 4.41. The highest BCUT2D eigenvalue weighted by Crippen LogP contribution is 1.90. The van der Waals surface area contributed by atoms with E-state index in [4.69, 9.17) is 5.73 Å². The lowest BCUT2D eigenvalue weighted by Crippen LogP contribution is -2.49. The molecule has 0 aliphatic carbocycles. The summed E-state index contributed by atoms with van der Waals surface area (Å²) >= 11 is 0. The zero-order valence-corrected chi connectivity index (χ0v) is 8.54. The molecule has 0 aromatic heterocycles. The summed E-state index contributed by atoms with van der Waals surface area (Å²) in [5.74, 6) is -0.592. The number of carbonyl (C=O) groups excluding carboxylic acids is 2. The van der Waals surface area contributed by atoms with Crippen LogP contribution < -0.4 is 16.4 Å². The Morgan fingerprint density at radius 2 is 2.07 bits per heavy atom. The van der Waals surface area contributed by atoms with Crippen LogP contribution in [0.15, 0.2) is 12.7 Å². The SMILES string of the molecule is C=CCC(N)C(=O)NC(C)C(=O)NC. The zero-order chi connectivity index (χ0) is 11.1. The normalized spacial score (nSPS) is 13.9. The van der Waals surface area contributed by atoms with Crippen LogP contribution in [0.3, 0.4) is 0 Å². The van der Waals surface area contributed by atoms with Gasteiger partial charge in [-0.15, -0.1) is 6.58 Å². The minimum atomic E-state index is -0.639. The van der Waals surface area contributed by atoms with Crippen molar-refractivity contribution in [2.75, 3.05) is 7.05 Å². The molecule has 0 heterocycles. The highest BCUT2D eigenvalue weighted by atomic mass is 16.2. The summed E-state index contributed by atoms with van der Waals surface area (Å²) in [7, 11) is 1.51. The van der Waals surface area contributed by atoms with Gasteiger partial charge in [0.2, 0.25) is 11.8 Å². The van der Waals surface area contributed by atoms with Crippen LogP contribution >= 0.6 is 0 Å². The van der Waals surface area contributed by atoms with Crippen molar-refractivity contribution in [3.8, 4) is 0 Å². The van der Waals surface area contributed by atoms with Crippen LogP contribution in [0.1, 0.15) is 13.3 Å². The Kier molecular flexibility index (Phi) is 5.55. The second kappa shape index (κ2) is 6.15. The predicted octanol–water partition coefficient (Wildman–Crippen LogP) is -0.859. The van der Waals surface area contributed by atoms with Gasteiger partial charge in [-0.1, -0.05) is 6.08 Å². The largest absolute Gasteiger partial charge is 0.357 e. The molecule has 2 atom stereocenters. The van der Waals surface area contributed by atoms with Gasteiger partial charge in [0.1, 0.15) is 6.04 Å². The van der Waals surface area contributed by atoms with Crippen molar-refractivity contribution >= 4 is 11.8 Å². The van der Waals surface area contributed by atoms with Crippen LogP contribution in [-0.2, 0) is 9.59 Å². The Balaban J connectivity index is 4.04. The van der Waals surface area contributed by atoms with Gasteiger partial charge in [0.15, 0.2) is 0 Å². The van der Waals surface area contributed by atoms with Crippen molar-refractivity contribution in [3.63, 3.8) is 0 Å². The molecule has 5 nitrogen and oxygen atoms in total. The standard InChI is InChI=1S/C9H17N3O2/c1-4-5-7(10)9(14)12-6(2)8(13)11-3/h4,6-7H,1,5,10H2,2-3H3,(H,11,13)(H,12,14). The molecule has 5 heteroatoms. The predicted molar refractivity (Wildman–Crippen MR) is 54.5 cm³/mol. The van der Waals surface area contributed by atoms with Crippen LogP contribution in [0.25, 0.3) is 0 Å². The number of hydrogen-bond donors (Lipinski definition) is 3. The topological polar surface area (TPSA) is 84.2 Å². The lowest BCUT2D eigenvalue weighted by molar-refractivity contribution is -0.128. The molecule has 0 spiro atoms. The smallest absolute Gasteiger partial charge is 0.242 e. The third kappa shape index (κ3) is 4.04. The number of likely N-dealkylation sites (N-methyl/N-ethyl adjacent to an activating group) is 1. The van der Waals surface area contributed by atoms with E-state index in [0.29, 0.717) is 6.42 Å². The molecule has 0 bridgehead atoms. The molecule has 0 radical (unpaired) electrons. The van der Waals surface area contributed by atoms with Gasteiger partial charge in [-0.05, 0) is 13.3 Å². The summed E-state index contributed by atoms with van der Waals surface area (Å²) in [5.41, 5.74) is 5.50. The summed E-state index contributed by atoms with van der Waals surface area (Å²) in [6.07, 6.45) is 1.96. The molecule has 0 aliphatic heterocycles. The van der Waals surface area contributed by atoms with Gasteiger partial charge in [-0.25, -0.2) is 0 Å². The monoisotopic (exact) mass is 199 g/mol. The molecule has 4 N–H and O–H groups in total. The third-order valence-electron chi connectivity index (χ3n) is 1.76. The summed E-state index contributed by atoms with van der Waals surface area (Å²) in [4.78, 5) is 22.3. The molecule has 2 amide bonds. The maximum Gasteiger partial charge on any atom is 0.242 e. The highest BCUT2D eigenvalue weighted by molar-refractivity contribution is 5.89. The van der Waals surface area contributed by atoms with Crippen LogP contribution in [0, 0.1) is 0 Å². The number of nitrogens with one attached hydrogen (secondary N) is 2. The molecule has 0 saturated carbocycles. The summed E-state index contributed by atoms with van der Waals surface area (Å²) in [6.45, 7) is 5.07. The Labute approximate surface area is 83.7 Å². The Hall–Kier alpha value is -1.36. The fourth-order valence-corrected chi connectivity index (χ4v) is 0.889. The Morgan fingerprint density at radius 3 is 2.50 bits per heavy atom. The lowest BCUT2D eigenvalue weighted by atomic mass is 10.2. The number of carbonyl (C=O) groups is 2. The number of rotatable bonds is 5. The Bertz CT molecular complexity index is 228. The first-order valence-electron chi connectivity index (χ1n) is 4.41. The molecular formula is C9H17N3O2. The van der Waals surface area contributed by atoms with E-state index in [9.17, 15) is 9.59 Å².